The molecule has 1 amide bonds. The predicted octanol–water partition coefficient (Wildman–Crippen LogP) is 2.70. The number of anilines is 2. The van der Waals surface area contributed by atoms with Crippen molar-refractivity contribution in [1.29, 1.82) is 0 Å². The molecule has 0 spiro atoms. The molecule has 19 heavy (non-hydrogen) atoms. The van der Waals surface area contributed by atoms with Gasteiger partial charge in [-0.15, -0.1) is 0 Å². The summed E-state index contributed by atoms with van der Waals surface area (Å²) in [4.78, 5) is 15.9. The molecule has 100 valence electrons. The topological polar surface area (TPSA) is 81.2 Å². The number of nitrogens with one attached hydrogen (secondary N) is 1. The van der Waals surface area contributed by atoms with Gasteiger partial charge in [0, 0.05) is 12.1 Å². The van der Waals surface area contributed by atoms with E-state index in [1.165, 1.54) is 6.26 Å². The van der Waals surface area contributed by atoms with Crippen molar-refractivity contribution < 1.29 is 9.21 Å². The summed E-state index contributed by atoms with van der Waals surface area (Å²) in [6.07, 6.45) is 1.87. The lowest BCUT2D eigenvalue weighted by molar-refractivity contribution is -0.116. The number of nitrogen functional groups attached to an aromatic ring is 1. The lowest BCUT2D eigenvalue weighted by Gasteiger charge is -2.11. The third kappa shape index (κ3) is 3.58. The van der Waals surface area contributed by atoms with E-state index < -0.39 is 0 Å². The van der Waals surface area contributed by atoms with Gasteiger partial charge >= 0.3 is 6.01 Å². The van der Waals surface area contributed by atoms with Crippen LogP contribution in [0.15, 0.2) is 34.9 Å². The molecule has 3 N–H and O–H groups in total. The third-order valence-corrected chi connectivity index (χ3v) is 2.86. The first kappa shape index (κ1) is 13.1. The quantitative estimate of drug-likeness (QED) is 0.827. The van der Waals surface area contributed by atoms with Gasteiger partial charge in [0.25, 0.3) is 0 Å². The first-order chi connectivity index (χ1) is 9.04. The molecular formula is C14H17N3O2. The molecule has 0 fully saturated rings. The summed E-state index contributed by atoms with van der Waals surface area (Å²) in [7, 11) is 0. The van der Waals surface area contributed by atoms with Crippen molar-refractivity contribution in [2.45, 2.75) is 26.2 Å². The Morgan fingerprint density at radius 2 is 2.11 bits per heavy atom. The average molecular weight is 259 g/mol. The molecule has 0 saturated carbocycles. The van der Waals surface area contributed by atoms with Crippen molar-refractivity contribution >= 4 is 17.6 Å². The highest BCUT2D eigenvalue weighted by molar-refractivity contribution is 5.89. The molecule has 0 aliphatic rings. The van der Waals surface area contributed by atoms with Gasteiger partial charge in [0.1, 0.15) is 6.26 Å². The maximum absolute atomic E-state index is 11.8. The fourth-order valence-electron chi connectivity index (χ4n) is 1.80. The maximum Gasteiger partial charge on any atom is 0.301 e. The number of rotatable bonds is 4. The zero-order valence-electron chi connectivity index (χ0n) is 11.0. The number of oxazole rings is 1. The summed E-state index contributed by atoms with van der Waals surface area (Å²) in [5.41, 5.74) is 8.17. The van der Waals surface area contributed by atoms with Crippen LogP contribution in [0.3, 0.4) is 0 Å². The highest BCUT2D eigenvalue weighted by atomic mass is 16.4. The highest BCUT2D eigenvalue weighted by Gasteiger charge is 2.13. The van der Waals surface area contributed by atoms with Crippen molar-refractivity contribution in [2.24, 2.45) is 0 Å². The Balaban J connectivity index is 1.93. The van der Waals surface area contributed by atoms with E-state index >= 15 is 0 Å². The van der Waals surface area contributed by atoms with E-state index in [4.69, 9.17) is 10.2 Å². The largest absolute Gasteiger partial charge is 0.432 e. The molecule has 1 heterocycles. The van der Waals surface area contributed by atoms with Crippen molar-refractivity contribution in [3.05, 3.63) is 41.8 Å². The molecule has 1 aromatic carbocycles. The van der Waals surface area contributed by atoms with E-state index in [0.29, 0.717) is 6.42 Å². The fourth-order valence-corrected chi connectivity index (χ4v) is 1.80. The molecule has 0 radical (unpaired) electrons. The van der Waals surface area contributed by atoms with Gasteiger partial charge in [-0.25, -0.2) is 0 Å². The smallest absolute Gasteiger partial charge is 0.301 e. The van der Waals surface area contributed by atoms with Crippen LogP contribution >= 0.6 is 0 Å². The number of carbonyl (C=O) groups is 1. The predicted molar refractivity (Wildman–Crippen MR) is 73.8 cm³/mol. The second-order valence-electron chi connectivity index (χ2n) is 4.61. The average Bonchev–Trinajstić information content (AvgIpc) is 2.75. The molecule has 1 unspecified atom stereocenters. The van der Waals surface area contributed by atoms with E-state index in [1.54, 1.807) is 6.92 Å². The zero-order valence-corrected chi connectivity index (χ0v) is 11.0. The number of benzene rings is 1. The summed E-state index contributed by atoms with van der Waals surface area (Å²) >= 11 is 0. The normalized spacial score (nSPS) is 12.1. The number of hydrogen-bond acceptors (Lipinski definition) is 4. The first-order valence-electron chi connectivity index (χ1n) is 6.12. The van der Waals surface area contributed by atoms with Gasteiger partial charge in [0.15, 0.2) is 0 Å². The van der Waals surface area contributed by atoms with Gasteiger partial charge < -0.3 is 10.2 Å². The van der Waals surface area contributed by atoms with Crippen LogP contribution in [-0.4, -0.2) is 10.9 Å². The third-order valence-electron chi connectivity index (χ3n) is 2.86. The van der Waals surface area contributed by atoms with Crippen LogP contribution in [0.5, 0.6) is 0 Å². The van der Waals surface area contributed by atoms with Crippen molar-refractivity contribution in [3.63, 3.8) is 0 Å². The van der Waals surface area contributed by atoms with Gasteiger partial charge in [0.05, 0.1) is 5.69 Å². The molecule has 1 aromatic heterocycles. The van der Waals surface area contributed by atoms with Gasteiger partial charge in [-0.05, 0) is 30.5 Å². The minimum Gasteiger partial charge on any atom is -0.432 e. The van der Waals surface area contributed by atoms with E-state index in [9.17, 15) is 4.79 Å². The van der Waals surface area contributed by atoms with Gasteiger partial charge in [0.2, 0.25) is 5.91 Å². The number of amides is 1. The summed E-state index contributed by atoms with van der Waals surface area (Å²) in [6.45, 7) is 3.79. The van der Waals surface area contributed by atoms with Crippen molar-refractivity contribution in [2.75, 3.05) is 11.1 Å². The highest BCUT2D eigenvalue weighted by Crippen LogP contribution is 2.20. The molecule has 5 nitrogen and oxygen atoms in total. The van der Waals surface area contributed by atoms with Gasteiger partial charge in [-0.1, -0.05) is 19.1 Å². The lowest BCUT2D eigenvalue weighted by atomic mass is 9.97. The Morgan fingerprint density at radius 3 is 2.68 bits per heavy atom. The van der Waals surface area contributed by atoms with Crippen LogP contribution in [0.2, 0.25) is 0 Å². The number of nitrogens with zero attached hydrogens (tertiary/aromatic N) is 1. The van der Waals surface area contributed by atoms with E-state index in [0.717, 1.165) is 16.9 Å². The number of carbonyl (C=O) groups excluding carboxylic acids is 1. The van der Waals surface area contributed by atoms with Crippen LogP contribution < -0.4 is 11.1 Å². The van der Waals surface area contributed by atoms with Gasteiger partial charge in [-0.3, -0.25) is 10.1 Å². The molecule has 1 atom stereocenters. The fraction of sp³-hybridized carbons (Fsp3) is 0.286. The second-order valence-corrected chi connectivity index (χ2v) is 4.61. The van der Waals surface area contributed by atoms with E-state index in [-0.39, 0.29) is 17.8 Å². The number of aromatic nitrogens is 1. The van der Waals surface area contributed by atoms with Crippen LogP contribution in [0.25, 0.3) is 0 Å². The molecule has 2 rings (SSSR count). The van der Waals surface area contributed by atoms with Crippen LogP contribution in [-0.2, 0) is 4.79 Å². The Labute approximate surface area is 111 Å². The van der Waals surface area contributed by atoms with E-state index in [2.05, 4.69) is 10.3 Å². The standard InChI is InChI=1S/C14H17N3O2/c1-9(11-3-5-12(15)6-4-11)7-13(18)17-14-16-10(2)8-19-14/h3-6,8-9H,7,15H2,1-2H3,(H,16,17,18). The Kier molecular flexibility index (Phi) is 3.85. The second kappa shape index (κ2) is 5.56. The molecular weight excluding hydrogens is 242 g/mol. The molecule has 5 heteroatoms. The zero-order chi connectivity index (χ0) is 13.8. The lowest BCUT2D eigenvalue weighted by Crippen LogP contribution is -2.14. The summed E-state index contributed by atoms with van der Waals surface area (Å²) in [6, 6.07) is 7.78. The Bertz CT molecular complexity index is 560. The molecule has 0 aliphatic carbocycles. The SMILES string of the molecule is Cc1coc(NC(=O)CC(C)c2ccc(N)cc2)n1. The first-order valence-corrected chi connectivity index (χ1v) is 6.12. The number of aryl methyl sites for hydroxylation is 1. The monoisotopic (exact) mass is 259 g/mol. The summed E-state index contributed by atoms with van der Waals surface area (Å²) in [5.74, 6) is -0.0113. The number of hydrogen-bond donors (Lipinski definition) is 2. The molecule has 2 aromatic rings. The summed E-state index contributed by atoms with van der Waals surface area (Å²) < 4.78 is 5.08. The van der Waals surface area contributed by atoms with Crippen LogP contribution in [0.4, 0.5) is 11.7 Å². The minimum atomic E-state index is -0.119. The molecule has 0 bridgehead atoms. The Hall–Kier alpha value is -2.30. The van der Waals surface area contributed by atoms with Crippen LogP contribution in [0.1, 0.15) is 30.5 Å². The number of nitrogens with two attached hydrogens (primary N) is 1. The van der Waals surface area contributed by atoms with E-state index in [1.807, 2.05) is 31.2 Å². The van der Waals surface area contributed by atoms with Crippen LogP contribution in [0, 0.1) is 6.92 Å². The maximum atomic E-state index is 11.8. The van der Waals surface area contributed by atoms with Crippen molar-refractivity contribution in [3.8, 4) is 0 Å². The molecule has 0 aliphatic heterocycles. The van der Waals surface area contributed by atoms with Gasteiger partial charge in [-0.2, -0.15) is 4.98 Å². The Morgan fingerprint density at radius 1 is 1.42 bits per heavy atom. The minimum absolute atomic E-state index is 0.108. The summed E-state index contributed by atoms with van der Waals surface area (Å²) in [5, 5.41) is 2.63. The van der Waals surface area contributed by atoms with Crippen molar-refractivity contribution in [1.82, 2.24) is 4.98 Å². The molecule has 0 saturated heterocycles.